The van der Waals surface area contributed by atoms with Gasteiger partial charge in [0.2, 0.25) is 5.91 Å². The molecule has 1 aromatic carbocycles. The lowest BCUT2D eigenvalue weighted by Gasteiger charge is -2.31. The molecule has 1 heterocycles. The van der Waals surface area contributed by atoms with Crippen LogP contribution in [-0.4, -0.2) is 22.9 Å². The molecule has 0 aromatic heterocycles. The fourth-order valence-corrected chi connectivity index (χ4v) is 3.06. The monoisotopic (exact) mass is 308 g/mol. The van der Waals surface area contributed by atoms with Crippen molar-refractivity contribution >= 4 is 17.5 Å². The van der Waals surface area contributed by atoms with Gasteiger partial charge in [0.1, 0.15) is 6.17 Å². The summed E-state index contributed by atoms with van der Waals surface area (Å²) in [7, 11) is 0. The van der Waals surface area contributed by atoms with Crippen molar-refractivity contribution in [2.24, 2.45) is 5.92 Å². The minimum Gasteiger partial charge on any atom is -0.319 e. The van der Waals surface area contributed by atoms with Crippen molar-refractivity contribution < 1.29 is 4.79 Å². The Kier molecular flexibility index (Phi) is 5.28. The maximum Gasteiger partial charge on any atom is 0.241 e. The van der Waals surface area contributed by atoms with E-state index in [-0.39, 0.29) is 24.2 Å². The van der Waals surface area contributed by atoms with E-state index in [1.54, 1.807) is 0 Å². The molecular formula is C17H25ClN2O. The lowest BCUT2D eigenvalue weighted by Crippen LogP contribution is -2.38. The maximum absolute atomic E-state index is 12.5. The first kappa shape index (κ1) is 16.3. The van der Waals surface area contributed by atoms with E-state index in [0.717, 1.165) is 18.4 Å². The van der Waals surface area contributed by atoms with Crippen LogP contribution < -0.4 is 5.32 Å². The maximum atomic E-state index is 12.5. The van der Waals surface area contributed by atoms with Crippen molar-refractivity contribution in [3.8, 4) is 0 Å². The van der Waals surface area contributed by atoms with Gasteiger partial charge in [-0.1, -0.05) is 37.6 Å². The van der Waals surface area contributed by atoms with Gasteiger partial charge in [-0.15, -0.1) is 0 Å². The molecule has 21 heavy (non-hydrogen) atoms. The Morgan fingerprint density at radius 2 is 2.00 bits per heavy atom. The van der Waals surface area contributed by atoms with Crippen molar-refractivity contribution in [2.75, 3.05) is 0 Å². The van der Waals surface area contributed by atoms with Gasteiger partial charge in [0, 0.05) is 11.1 Å². The van der Waals surface area contributed by atoms with Gasteiger partial charge in [-0.2, -0.15) is 0 Å². The zero-order valence-electron chi connectivity index (χ0n) is 13.3. The van der Waals surface area contributed by atoms with Gasteiger partial charge in [-0.25, -0.2) is 0 Å². The number of nitrogens with zero attached hydrogens (tertiary/aromatic N) is 1. The lowest BCUT2D eigenvalue weighted by atomic mass is 10.0. The van der Waals surface area contributed by atoms with Crippen molar-refractivity contribution in [3.05, 3.63) is 34.9 Å². The molecule has 1 aromatic rings. The Hall–Kier alpha value is -1.06. The number of amides is 1. The van der Waals surface area contributed by atoms with Gasteiger partial charge < -0.3 is 4.90 Å². The van der Waals surface area contributed by atoms with Crippen molar-refractivity contribution in [3.63, 3.8) is 0 Å². The number of carbonyl (C=O) groups excluding carboxylic acids is 1. The van der Waals surface area contributed by atoms with Crippen molar-refractivity contribution in [1.82, 2.24) is 10.2 Å². The van der Waals surface area contributed by atoms with E-state index in [0.29, 0.717) is 10.9 Å². The molecule has 0 spiro atoms. The van der Waals surface area contributed by atoms with Gasteiger partial charge in [-0.3, -0.25) is 10.1 Å². The van der Waals surface area contributed by atoms with E-state index in [2.05, 4.69) is 26.1 Å². The molecule has 1 aliphatic rings. The van der Waals surface area contributed by atoms with Gasteiger partial charge >= 0.3 is 0 Å². The van der Waals surface area contributed by atoms with E-state index in [4.69, 9.17) is 11.6 Å². The van der Waals surface area contributed by atoms with Gasteiger partial charge in [0.25, 0.3) is 0 Å². The zero-order chi connectivity index (χ0) is 15.6. The quantitative estimate of drug-likeness (QED) is 0.892. The number of halogens is 1. The molecule has 3 unspecified atom stereocenters. The van der Waals surface area contributed by atoms with Crippen LogP contribution in [0.15, 0.2) is 24.3 Å². The van der Waals surface area contributed by atoms with Crippen LogP contribution in [0.3, 0.4) is 0 Å². The Morgan fingerprint density at radius 1 is 1.29 bits per heavy atom. The van der Waals surface area contributed by atoms with Gasteiger partial charge in [0.15, 0.2) is 0 Å². The summed E-state index contributed by atoms with van der Waals surface area (Å²) in [6.07, 6.45) is 2.07. The second-order valence-corrected chi connectivity index (χ2v) is 6.85. The molecule has 4 heteroatoms. The molecule has 116 valence electrons. The lowest BCUT2D eigenvalue weighted by molar-refractivity contribution is -0.132. The number of benzene rings is 1. The van der Waals surface area contributed by atoms with Gasteiger partial charge in [0.05, 0.1) is 6.04 Å². The van der Waals surface area contributed by atoms with Crippen LogP contribution in [0.5, 0.6) is 0 Å². The third-order valence-electron chi connectivity index (χ3n) is 4.11. The number of nitrogens with one attached hydrogen (secondary N) is 1. The van der Waals surface area contributed by atoms with Crippen LogP contribution in [0, 0.1) is 5.92 Å². The van der Waals surface area contributed by atoms with E-state index in [9.17, 15) is 4.79 Å². The summed E-state index contributed by atoms with van der Waals surface area (Å²) in [6, 6.07) is 7.84. The molecule has 1 saturated heterocycles. The van der Waals surface area contributed by atoms with Crippen molar-refractivity contribution in [1.29, 1.82) is 0 Å². The van der Waals surface area contributed by atoms with Gasteiger partial charge in [-0.05, 0) is 50.3 Å². The molecule has 1 N–H and O–H groups in total. The minimum atomic E-state index is -0.143. The summed E-state index contributed by atoms with van der Waals surface area (Å²) < 4.78 is 0. The summed E-state index contributed by atoms with van der Waals surface area (Å²) in [6.45, 7) is 8.49. The summed E-state index contributed by atoms with van der Waals surface area (Å²) in [5.74, 6) is 0.830. The molecule has 0 radical (unpaired) electrons. The van der Waals surface area contributed by atoms with E-state index in [1.807, 2.05) is 36.1 Å². The number of rotatable bonds is 5. The topological polar surface area (TPSA) is 32.3 Å². The smallest absolute Gasteiger partial charge is 0.241 e. The molecule has 3 nitrogen and oxygen atoms in total. The molecule has 0 aliphatic carbocycles. The molecule has 0 saturated carbocycles. The average Bonchev–Trinajstić information content (AvgIpc) is 2.72. The van der Waals surface area contributed by atoms with Crippen molar-refractivity contribution in [2.45, 2.75) is 58.8 Å². The Bertz CT molecular complexity index is 503. The SMILES string of the molecule is CC(C)CCC(C)N1C(=O)C(C)NC1c1cccc(Cl)c1. The largest absolute Gasteiger partial charge is 0.319 e. The van der Waals surface area contributed by atoms with Crippen LogP contribution in [0.1, 0.15) is 52.3 Å². The Labute approximate surface area is 132 Å². The Balaban J connectivity index is 2.20. The molecule has 1 aliphatic heterocycles. The molecular weight excluding hydrogens is 284 g/mol. The number of hydrogen-bond acceptors (Lipinski definition) is 2. The first-order chi connectivity index (χ1) is 9.90. The predicted octanol–water partition coefficient (Wildman–Crippen LogP) is 3.98. The van der Waals surface area contributed by atoms with Crippen LogP contribution >= 0.6 is 11.6 Å². The zero-order valence-corrected chi connectivity index (χ0v) is 14.0. The standard InChI is InChI=1S/C17H25ClN2O/c1-11(2)8-9-12(3)20-16(19-13(4)17(20)21)14-6-5-7-15(18)10-14/h5-7,10-13,16,19H,8-9H2,1-4H3. The van der Waals surface area contributed by atoms with Crippen LogP contribution in [0.4, 0.5) is 0 Å². The highest BCUT2D eigenvalue weighted by atomic mass is 35.5. The third kappa shape index (κ3) is 3.78. The molecule has 3 atom stereocenters. The summed E-state index contributed by atoms with van der Waals surface area (Å²) in [5, 5.41) is 4.09. The minimum absolute atomic E-state index is 0.0756. The number of hydrogen-bond donors (Lipinski definition) is 1. The molecule has 2 rings (SSSR count). The highest BCUT2D eigenvalue weighted by molar-refractivity contribution is 6.30. The first-order valence-corrected chi connectivity index (χ1v) is 8.11. The predicted molar refractivity (Wildman–Crippen MR) is 87.2 cm³/mol. The highest BCUT2D eigenvalue weighted by Crippen LogP contribution is 2.30. The fourth-order valence-electron chi connectivity index (χ4n) is 2.86. The van der Waals surface area contributed by atoms with E-state index in [1.165, 1.54) is 0 Å². The summed E-state index contributed by atoms with van der Waals surface area (Å²) in [5.41, 5.74) is 1.05. The fraction of sp³-hybridized carbons (Fsp3) is 0.588. The molecule has 0 bridgehead atoms. The summed E-state index contributed by atoms with van der Waals surface area (Å²) in [4.78, 5) is 14.5. The summed E-state index contributed by atoms with van der Waals surface area (Å²) >= 11 is 6.09. The highest BCUT2D eigenvalue weighted by Gasteiger charge is 2.39. The van der Waals surface area contributed by atoms with Crippen LogP contribution in [0.25, 0.3) is 0 Å². The molecule has 1 amide bonds. The van der Waals surface area contributed by atoms with E-state index >= 15 is 0 Å². The number of carbonyl (C=O) groups is 1. The van der Waals surface area contributed by atoms with E-state index < -0.39 is 0 Å². The first-order valence-electron chi connectivity index (χ1n) is 7.74. The third-order valence-corrected chi connectivity index (χ3v) is 4.35. The second kappa shape index (κ2) is 6.80. The second-order valence-electron chi connectivity index (χ2n) is 6.41. The Morgan fingerprint density at radius 3 is 2.62 bits per heavy atom. The van der Waals surface area contributed by atoms with Crippen LogP contribution in [0.2, 0.25) is 5.02 Å². The van der Waals surface area contributed by atoms with Crippen LogP contribution in [-0.2, 0) is 4.79 Å². The average molecular weight is 309 g/mol. The normalized spacial score (nSPS) is 23.9. The molecule has 1 fully saturated rings.